The topological polar surface area (TPSA) is 51.0 Å². The number of oxazole rings is 1. The molecule has 2 heterocycles. The van der Waals surface area contributed by atoms with Gasteiger partial charge in [-0.25, -0.2) is 9.97 Å². The predicted molar refractivity (Wildman–Crippen MR) is 77.2 cm³/mol. The lowest BCUT2D eigenvalue weighted by molar-refractivity contribution is 0.320. The Balaban J connectivity index is 2.03. The lowest BCUT2D eigenvalue weighted by Crippen LogP contribution is -2.38. The van der Waals surface area contributed by atoms with Gasteiger partial charge in [-0.3, -0.25) is 5.32 Å². The van der Waals surface area contributed by atoms with Crippen LogP contribution in [-0.2, 0) is 12.1 Å². The third-order valence-corrected chi connectivity index (χ3v) is 4.42. The summed E-state index contributed by atoms with van der Waals surface area (Å²) in [5, 5.41) is 6.62. The van der Waals surface area contributed by atoms with Crippen molar-refractivity contribution in [3.05, 3.63) is 34.4 Å². The van der Waals surface area contributed by atoms with Gasteiger partial charge in [0.1, 0.15) is 10.8 Å². The van der Waals surface area contributed by atoms with Crippen LogP contribution in [0.25, 0.3) is 0 Å². The minimum Gasteiger partial charge on any atom is -0.444 e. The maximum Gasteiger partial charge on any atom is 0.208 e. The molecule has 104 valence electrons. The van der Waals surface area contributed by atoms with E-state index >= 15 is 0 Å². The van der Waals surface area contributed by atoms with E-state index in [0.717, 1.165) is 23.1 Å². The van der Waals surface area contributed by atoms with E-state index in [4.69, 9.17) is 4.42 Å². The highest BCUT2D eigenvalue weighted by Crippen LogP contribution is 2.26. The molecule has 2 aromatic heterocycles. The Morgan fingerprint density at radius 3 is 2.74 bits per heavy atom. The summed E-state index contributed by atoms with van der Waals surface area (Å²) >= 11 is 1.68. The fourth-order valence-corrected chi connectivity index (χ4v) is 2.64. The number of rotatable bonds is 6. The van der Waals surface area contributed by atoms with Gasteiger partial charge in [0.25, 0.3) is 0 Å². The van der Waals surface area contributed by atoms with Crippen molar-refractivity contribution in [1.82, 2.24) is 15.3 Å². The van der Waals surface area contributed by atoms with Gasteiger partial charge < -0.3 is 4.42 Å². The molecule has 0 radical (unpaired) electrons. The van der Waals surface area contributed by atoms with Gasteiger partial charge in [0.05, 0.1) is 18.3 Å². The second-order valence-corrected chi connectivity index (χ2v) is 6.08. The maximum atomic E-state index is 5.71. The van der Waals surface area contributed by atoms with E-state index in [-0.39, 0.29) is 5.54 Å². The Hall–Kier alpha value is -1.20. The van der Waals surface area contributed by atoms with E-state index in [0.29, 0.717) is 12.5 Å². The summed E-state index contributed by atoms with van der Waals surface area (Å²) in [5.41, 5.74) is -0.124. The largest absolute Gasteiger partial charge is 0.444 e. The van der Waals surface area contributed by atoms with Crippen LogP contribution in [0.15, 0.2) is 22.2 Å². The molecule has 0 amide bonds. The third-order valence-electron chi connectivity index (χ3n) is 3.38. The number of hydrogen-bond acceptors (Lipinski definition) is 5. The average molecular weight is 279 g/mol. The number of aromatic nitrogens is 2. The van der Waals surface area contributed by atoms with Crippen molar-refractivity contribution >= 4 is 11.3 Å². The molecule has 0 aliphatic heterocycles. The van der Waals surface area contributed by atoms with Crippen molar-refractivity contribution in [2.45, 2.75) is 52.1 Å². The van der Waals surface area contributed by atoms with Crippen molar-refractivity contribution in [2.75, 3.05) is 0 Å². The van der Waals surface area contributed by atoms with Crippen molar-refractivity contribution < 1.29 is 4.42 Å². The standard InChI is InChI=1S/C14H21N3OS/c1-5-14(4,13-15-6-7-19-13)17-9-12-16-8-11(18-12)10(2)3/h6-8,10,17H,5,9H2,1-4H3/t14-/m1/s1. The molecule has 0 aliphatic rings. The Morgan fingerprint density at radius 1 is 1.42 bits per heavy atom. The van der Waals surface area contributed by atoms with Crippen molar-refractivity contribution in [3.8, 4) is 0 Å². The molecule has 2 rings (SSSR count). The minimum atomic E-state index is -0.124. The van der Waals surface area contributed by atoms with Crippen molar-refractivity contribution in [3.63, 3.8) is 0 Å². The first-order valence-corrected chi connectivity index (χ1v) is 7.52. The molecule has 0 aromatic carbocycles. The fraction of sp³-hybridized carbons (Fsp3) is 0.571. The first-order valence-electron chi connectivity index (χ1n) is 6.64. The van der Waals surface area contributed by atoms with E-state index < -0.39 is 0 Å². The number of nitrogens with zero attached hydrogens (tertiary/aromatic N) is 2. The molecule has 1 atom stereocenters. The summed E-state index contributed by atoms with van der Waals surface area (Å²) in [7, 11) is 0. The van der Waals surface area contributed by atoms with Gasteiger partial charge in [0, 0.05) is 17.5 Å². The molecular formula is C14H21N3OS. The number of thiazole rings is 1. The maximum absolute atomic E-state index is 5.71. The Bertz CT molecular complexity index is 507. The van der Waals surface area contributed by atoms with Gasteiger partial charge in [-0.2, -0.15) is 0 Å². The van der Waals surface area contributed by atoms with Gasteiger partial charge in [0.2, 0.25) is 5.89 Å². The number of nitrogens with one attached hydrogen (secondary N) is 1. The highest BCUT2D eigenvalue weighted by atomic mass is 32.1. The molecule has 19 heavy (non-hydrogen) atoms. The molecule has 0 fully saturated rings. The first kappa shape index (κ1) is 14.2. The summed E-state index contributed by atoms with van der Waals surface area (Å²) in [4.78, 5) is 8.72. The monoisotopic (exact) mass is 279 g/mol. The van der Waals surface area contributed by atoms with Crippen molar-refractivity contribution in [2.24, 2.45) is 0 Å². The highest BCUT2D eigenvalue weighted by molar-refractivity contribution is 7.09. The number of hydrogen-bond donors (Lipinski definition) is 1. The molecular weight excluding hydrogens is 258 g/mol. The second-order valence-electron chi connectivity index (χ2n) is 5.19. The summed E-state index contributed by atoms with van der Waals surface area (Å²) in [6.45, 7) is 9.14. The van der Waals surface area contributed by atoms with E-state index in [2.05, 4.69) is 43.0 Å². The zero-order valence-corrected chi connectivity index (χ0v) is 12.8. The zero-order valence-electron chi connectivity index (χ0n) is 11.9. The Morgan fingerprint density at radius 2 is 2.21 bits per heavy atom. The lowest BCUT2D eigenvalue weighted by Gasteiger charge is -2.26. The van der Waals surface area contributed by atoms with Gasteiger partial charge in [-0.05, 0) is 13.3 Å². The molecule has 1 N–H and O–H groups in total. The average Bonchev–Trinajstić information content (AvgIpc) is 3.06. The van der Waals surface area contributed by atoms with E-state index in [1.54, 1.807) is 11.3 Å². The van der Waals surface area contributed by atoms with Gasteiger partial charge in [0.15, 0.2) is 0 Å². The van der Waals surface area contributed by atoms with Gasteiger partial charge in [-0.1, -0.05) is 20.8 Å². The van der Waals surface area contributed by atoms with Crippen LogP contribution >= 0.6 is 11.3 Å². The molecule has 0 saturated heterocycles. The van der Waals surface area contributed by atoms with Crippen LogP contribution in [0.1, 0.15) is 56.7 Å². The smallest absolute Gasteiger partial charge is 0.208 e. The zero-order chi connectivity index (χ0) is 13.9. The second kappa shape index (κ2) is 5.84. The molecule has 4 nitrogen and oxygen atoms in total. The Kier molecular flexibility index (Phi) is 4.37. The lowest BCUT2D eigenvalue weighted by atomic mass is 10.00. The predicted octanol–water partition coefficient (Wildman–Crippen LogP) is 3.67. The minimum absolute atomic E-state index is 0.124. The first-order chi connectivity index (χ1) is 9.05. The van der Waals surface area contributed by atoms with Crippen LogP contribution in [0.4, 0.5) is 0 Å². The quantitative estimate of drug-likeness (QED) is 0.876. The van der Waals surface area contributed by atoms with Crippen LogP contribution in [-0.4, -0.2) is 9.97 Å². The molecule has 0 saturated carbocycles. The normalized spacial score (nSPS) is 14.8. The van der Waals surface area contributed by atoms with Crippen molar-refractivity contribution in [1.29, 1.82) is 0 Å². The molecule has 0 aliphatic carbocycles. The van der Waals surface area contributed by atoms with E-state index in [1.807, 2.05) is 17.8 Å². The van der Waals surface area contributed by atoms with E-state index in [1.165, 1.54) is 0 Å². The van der Waals surface area contributed by atoms with Crippen LogP contribution in [0, 0.1) is 0 Å². The molecule has 5 heteroatoms. The van der Waals surface area contributed by atoms with Crippen LogP contribution in [0.3, 0.4) is 0 Å². The fourth-order valence-electron chi connectivity index (χ4n) is 1.79. The van der Waals surface area contributed by atoms with Crippen LogP contribution < -0.4 is 5.32 Å². The SMILES string of the molecule is CC[C@@](C)(NCc1ncc(C(C)C)o1)c1nccs1. The van der Waals surface area contributed by atoms with Gasteiger partial charge >= 0.3 is 0 Å². The Labute approximate surface area is 118 Å². The molecule has 0 bridgehead atoms. The summed E-state index contributed by atoms with van der Waals surface area (Å²) in [6, 6.07) is 0. The summed E-state index contributed by atoms with van der Waals surface area (Å²) in [5.74, 6) is 2.04. The third kappa shape index (κ3) is 3.22. The van der Waals surface area contributed by atoms with Crippen LogP contribution in [0.5, 0.6) is 0 Å². The van der Waals surface area contributed by atoms with Crippen LogP contribution in [0.2, 0.25) is 0 Å². The highest BCUT2D eigenvalue weighted by Gasteiger charge is 2.27. The summed E-state index contributed by atoms with van der Waals surface area (Å²) in [6.07, 6.45) is 4.63. The van der Waals surface area contributed by atoms with E-state index in [9.17, 15) is 0 Å². The molecule has 2 aromatic rings. The summed E-state index contributed by atoms with van der Waals surface area (Å²) < 4.78 is 5.71. The molecule has 0 spiro atoms. The van der Waals surface area contributed by atoms with Gasteiger partial charge in [-0.15, -0.1) is 11.3 Å². The molecule has 0 unspecified atom stereocenters.